The van der Waals surface area contributed by atoms with E-state index in [0.29, 0.717) is 0 Å². The van der Waals surface area contributed by atoms with Gasteiger partial charge in [0.05, 0.1) is 13.2 Å². The number of aliphatic hydroxyl groups excluding tert-OH is 1. The Hall–Kier alpha value is -0.770. The molecule has 1 rings (SSSR count). The first-order valence-electron chi connectivity index (χ1n) is 8.39. The fraction of sp³-hybridized carbons (Fsp3) is 0.667. The van der Waals surface area contributed by atoms with Crippen LogP contribution in [0, 0.1) is 0 Å². The van der Waals surface area contributed by atoms with Gasteiger partial charge in [-0.15, -0.1) is 12.4 Å². The molecule has 1 aromatic carbocycles. The topological polar surface area (TPSA) is 55.5 Å². The SMILES string of the molecule is Cl.NCCCCCCCCCCCOc1ccc(CO)cc1. The van der Waals surface area contributed by atoms with Gasteiger partial charge in [0.1, 0.15) is 5.75 Å². The Balaban J connectivity index is 0.00000441. The predicted molar refractivity (Wildman–Crippen MR) is 95.7 cm³/mol. The maximum atomic E-state index is 8.96. The highest BCUT2D eigenvalue weighted by atomic mass is 35.5. The van der Waals surface area contributed by atoms with Crippen molar-refractivity contribution in [2.24, 2.45) is 5.73 Å². The summed E-state index contributed by atoms with van der Waals surface area (Å²) >= 11 is 0. The maximum absolute atomic E-state index is 8.96. The monoisotopic (exact) mass is 329 g/mol. The molecule has 0 aliphatic rings. The Labute approximate surface area is 141 Å². The highest BCUT2D eigenvalue weighted by Crippen LogP contribution is 2.13. The van der Waals surface area contributed by atoms with Gasteiger partial charge in [0, 0.05) is 0 Å². The minimum Gasteiger partial charge on any atom is -0.494 e. The van der Waals surface area contributed by atoms with Gasteiger partial charge in [-0.25, -0.2) is 0 Å². The van der Waals surface area contributed by atoms with E-state index in [-0.39, 0.29) is 19.0 Å². The predicted octanol–water partition coefficient (Wildman–Crippen LogP) is 4.45. The van der Waals surface area contributed by atoms with Gasteiger partial charge in [0.2, 0.25) is 0 Å². The zero-order valence-electron chi connectivity index (χ0n) is 13.6. The van der Waals surface area contributed by atoms with Crippen molar-refractivity contribution in [1.82, 2.24) is 0 Å². The van der Waals surface area contributed by atoms with Gasteiger partial charge in [-0.1, -0.05) is 57.1 Å². The number of aliphatic hydroxyl groups is 1. The molecule has 3 N–H and O–H groups in total. The standard InChI is InChI=1S/C18H31NO2.ClH/c19-14-8-6-4-2-1-3-5-7-9-15-21-18-12-10-17(16-20)11-13-18;/h10-13,20H,1-9,14-16,19H2;1H. The fourth-order valence-corrected chi connectivity index (χ4v) is 2.36. The highest BCUT2D eigenvalue weighted by Gasteiger charge is 1.96. The van der Waals surface area contributed by atoms with Crippen LogP contribution in [0.5, 0.6) is 5.75 Å². The third-order valence-corrected chi connectivity index (χ3v) is 3.72. The Morgan fingerprint density at radius 3 is 1.77 bits per heavy atom. The van der Waals surface area contributed by atoms with E-state index in [9.17, 15) is 0 Å². The molecule has 0 saturated carbocycles. The molecule has 1 aromatic rings. The lowest BCUT2D eigenvalue weighted by Crippen LogP contribution is -1.98. The zero-order chi connectivity index (χ0) is 15.2. The molecule has 0 bridgehead atoms. The molecule has 0 amide bonds. The van der Waals surface area contributed by atoms with Crippen molar-refractivity contribution in [2.45, 2.75) is 64.4 Å². The molecule has 128 valence electrons. The first-order valence-corrected chi connectivity index (χ1v) is 8.39. The van der Waals surface area contributed by atoms with Crippen LogP contribution in [-0.2, 0) is 6.61 Å². The van der Waals surface area contributed by atoms with Gasteiger partial charge in [-0.3, -0.25) is 0 Å². The molecule has 0 unspecified atom stereocenters. The lowest BCUT2D eigenvalue weighted by Gasteiger charge is -2.06. The minimum atomic E-state index is 0. The van der Waals surface area contributed by atoms with Crippen molar-refractivity contribution >= 4 is 12.4 Å². The number of halogens is 1. The second-order valence-corrected chi connectivity index (χ2v) is 5.62. The second kappa shape index (κ2) is 15.1. The molecular weight excluding hydrogens is 298 g/mol. The molecule has 0 saturated heterocycles. The zero-order valence-corrected chi connectivity index (χ0v) is 14.5. The molecule has 3 nitrogen and oxygen atoms in total. The molecule has 4 heteroatoms. The average molecular weight is 330 g/mol. The largest absolute Gasteiger partial charge is 0.494 e. The van der Waals surface area contributed by atoms with E-state index in [1.165, 1.54) is 51.4 Å². The smallest absolute Gasteiger partial charge is 0.119 e. The number of ether oxygens (including phenoxy) is 1. The van der Waals surface area contributed by atoms with Crippen molar-refractivity contribution in [2.75, 3.05) is 13.2 Å². The summed E-state index contributed by atoms with van der Waals surface area (Å²) in [6.07, 6.45) is 11.5. The van der Waals surface area contributed by atoms with E-state index in [0.717, 1.165) is 30.9 Å². The fourth-order valence-electron chi connectivity index (χ4n) is 2.36. The lowest BCUT2D eigenvalue weighted by atomic mass is 10.1. The summed E-state index contributed by atoms with van der Waals surface area (Å²) in [6.45, 7) is 1.71. The number of rotatable bonds is 13. The first kappa shape index (κ1) is 21.2. The lowest BCUT2D eigenvalue weighted by molar-refractivity contribution is 0.281. The van der Waals surface area contributed by atoms with E-state index in [2.05, 4.69) is 0 Å². The third-order valence-electron chi connectivity index (χ3n) is 3.72. The minimum absolute atomic E-state index is 0. The van der Waals surface area contributed by atoms with Crippen LogP contribution in [0.2, 0.25) is 0 Å². The van der Waals surface area contributed by atoms with E-state index in [1.807, 2.05) is 24.3 Å². The molecule has 0 atom stereocenters. The van der Waals surface area contributed by atoms with Crippen molar-refractivity contribution in [1.29, 1.82) is 0 Å². The number of hydrogen-bond acceptors (Lipinski definition) is 3. The summed E-state index contributed by atoms with van der Waals surface area (Å²) in [4.78, 5) is 0. The van der Waals surface area contributed by atoms with E-state index < -0.39 is 0 Å². The van der Waals surface area contributed by atoms with Crippen LogP contribution < -0.4 is 10.5 Å². The molecular formula is C18H32ClNO2. The summed E-state index contributed by atoms with van der Waals surface area (Å²) < 4.78 is 5.68. The Morgan fingerprint density at radius 1 is 0.773 bits per heavy atom. The Morgan fingerprint density at radius 2 is 1.27 bits per heavy atom. The summed E-state index contributed by atoms with van der Waals surface area (Å²) in [7, 11) is 0. The summed E-state index contributed by atoms with van der Waals surface area (Å²) in [6, 6.07) is 7.65. The number of hydrogen-bond donors (Lipinski definition) is 2. The molecule has 0 aliphatic heterocycles. The third kappa shape index (κ3) is 10.9. The molecule has 0 spiro atoms. The van der Waals surface area contributed by atoms with Crippen LogP contribution in [-0.4, -0.2) is 18.3 Å². The first-order chi connectivity index (χ1) is 10.4. The van der Waals surface area contributed by atoms with Crippen molar-refractivity contribution in [3.8, 4) is 5.75 Å². The van der Waals surface area contributed by atoms with Gasteiger partial charge < -0.3 is 15.6 Å². The van der Waals surface area contributed by atoms with Gasteiger partial charge in [-0.2, -0.15) is 0 Å². The van der Waals surface area contributed by atoms with E-state index >= 15 is 0 Å². The van der Waals surface area contributed by atoms with Crippen LogP contribution in [0.15, 0.2) is 24.3 Å². The van der Waals surface area contributed by atoms with Crippen molar-refractivity contribution < 1.29 is 9.84 Å². The number of nitrogens with two attached hydrogens (primary N) is 1. The molecule has 0 aromatic heterocycles. The summed E-state index contributed by atoms with van der Waals surface area (Å²) in [5.74, 6) is 0.895. The summed E-state index contributed by atoms with van der Waals surface area (Å²) in [5, 5.41) is 8.96. The Kier molecular flexibility index (Phi) is 14.6. The van der Waals surface area contributed by atoms with Gasteiger partial charge in [-0.05, 0) is 37.1 Å². The maximum Gasteiger partial charge on any atom is 0.119 e. The van der Waals surface area contributed by atoms with Crippen LogP contribution >= 0.6 is 12.4 Å². The van der Waals surface area contributed by atoms with Crippen LogP contribution in [0.3, 0.4) is 0 Å². The Bertz CT molecular complexity index is 343. The van der Waals surface area contributed by atoms with Crippen LogP contribution in [0.1, 0.15) is 63.4 Å². The van der Waals surface area contributed by atoms with Crippen LogP contribution in [0.25, 0.3) is 0 Å². The van der Waals surface area contributed by atoms with Crippen molar-refractivity contribution in [3.63, 3.8) is 0 Å². The molecule has 0 aliphatic carbocycles. The van der Waals surface area contributed by atoms with Crippen LogP contribution in [0.4, 0.5) is 0 Å². The normalized spacial score (nSPS) is 10.3. The second-order valence-electron chi connectivity index (χ2n) is 5.62. The summed E-state index contributed by atoms with van der Waals surface area (Å²) in [5.41, 5.74) is 6.40. The van der Waals surface area contributed by atoms with Gasteiger partial charge >= 0.3 is 0 Å². The molecule has 0 radical (unpaired) electrons. The van der Waals surface area contributed by atoms with Gasteiger partial charge in [0.15, 0.2) is 0 Å². The molecule has 0 fully saturated rings. The quantitative estimate of drug-likeness (QED) is 0.526. The average Bonchev–Trinajstić information content (AvgIpc) is 2.53. The number of unbranched alkanes of at least 4 members (excludes halogenated alkanes) is 8. The van der Waals surface area contributed by atoms with E-state index in [1.54, 1.807) is 0 Å². The number of benzene rings is 1. The molecule has 0 heterocycles. The molecule has 22 heavy (non-hydrogen) atoms. The van der Waals surface area contributed by atoms with Crippen molar-refractivity contribution in [3.05, 3.63) is 29.8 Å². The van der Waals surface area contributed by atoms with Gasteiger partial charge in [0.25, 0.3) is 0 Å². The highest BCUT2D eigenvalue weighted by molar-refractivity contribution is 5.85. The van der Waals surface area contributed by atoms with E-state index in [4.69, 9.17) is 15.6 Å².